The van der Waals surface area contributed by atoms with E-state index in [9.17, 15) is 19.7 Å². The van der Waals surface area contributed by atoms with Crippen molar-refractivity contribution in [1.29, 1.82) is 0 Å². The van der Waals surface area contributed by atoms with Crippen LogP contribution in [0.4, 0.5) is 10.5 Å². The Kier molecular flexibility index (Phi) is 4.94. The SMILES string of the molecule is CC(C)(C)OC(=O)N1Cc2c(n[nH]c2CC(=O)c2ccc([N+](=O)[O-])cc2)C1(C)C. The lowest BCUT2D eigenvalue weighted by Crippen LogP contribution is -2.43. The van der Waals surface area contributed by atoms with Crippen molar-refractivity contribution in [1.82, 2.24) is 15.1 Å². The molecule has 1 aromatic heterocycles. The lowest BCUT2D eigenvalue weighted by atomic mass is 9.98. The van der Waals surface area contributed by atoms with Gasteiger partial charge in [0, 0.05) is 29.0 Å². The van der Waals surface area contributed by atoms with Crippen LogP contribution in [0.1, 0.15) is 61.9 Å². The second-order valence-corrected chi connectivity index (χ2v) is 8.56. The number of fused-ring (bicyclic) bond motifs is 1. The summed E-state index contributed by atoms with van der Waals surface area (Å²) in [7, 11) is 0. The van der Waals surface area contributed by atoms with Crippen LogP contribution in [-0.2, 0) is 23.2 Å². The van der Waals surface area contributed by atoms with Gasteiger partial charge in [0.1, 0.15) is 5.60 Å². The lowest BCUT2D eigenvalue weighted by Gasteiger charge is -2.33. The Labute approximate surface area is 168 Å². The highest BCUT2D eigenvalue weighted by atomic mass is 16.6. The molecule has 9 heteroatoms. The number of H-pyrrole nitrogens is 1. The fourth-order valence-corrected chi connectivity index (χ4v) is 3.35. The molecule has 9 nitrogen and oxygen atoms in total. The van der Waals surface area contributed by atoms with Crippen LogP contribution in [-0.4, -0.2) is 37.5 Å². The van der Waals surface area contributed by atoms with Crippen LogP contribution in [0.25, 0.3) is 0 Å². The first-order valence-corrected chi connectivity index (χ1v) is 9.25. The van der Waals surface area contributed by atoms with E-state index in [-0.39, 0.29) is 24.4 Å². The summed E-state index contributed by atoms with van der Waals surface area (Å²) in [5.74, 6) is -0.195. The summed E-state index contributed by atoms with van der Waals surface area (Å²) < 4.78 is 5.51. The van der Waals surface area contributed by atoms with E-state index in [1.165, 1.54) is 24.3 Å². The number of ketones is 1. The Morgan fingerprint density at radius 1 is 1.28 bits per heavy atom. The zero-order valence-corrected chi connectivity index (χ0v) is 17.1. The number of nitrogens with one attached hydrogen (secondary N) is 1. The number of amides is 1. The molecule has 0 fully saturated rings. The third-order valence-corrected chi connectivity index (χ3v) is 4.87. The number of non-ortho nitro benzene ring substituents is 1. The number of benzene rings is 1. The average molecular weight is 400 g/mol. The highest BCUT2D eigenvalue weighted by molar-refractivity contribution is 5.97. The van der Waals surface area contributed by atoms with E-state index in [0.717, 1.165) is 5.56 Å². The van der Waals surface area contributed by atoms with Gasteiger partial charge in [-0.3, -0.25) is 24.9 Å². The molecule has 0 spiro atoms. The molecule has 3 rings (SSSR count). The third-order valence-electron chi connectivity index (χ3n) is 4.87. The monoisotopic (exact) mass is 400 g/mol. The van der Waals surface area contributed by atoms with Crippen molar-refractivity contribution in [3.05, 3.63) is 56.9 Å². The molecule has 1 amide bonds. The largest absolute Gasteiger partial charge is 0.444 e. The predicted octanol–water partition coefficient (Wildman–Crippen LogP) is 3.73. The van der Waals surface area contributed by atoms with Gasteiger partial charge in [-0.15, -0.1) is 0 Å². The predicted molar refractivity (Wildman–Crippen MR) is 105 cm³/mol. The van der Waals surface area contributed by atoms with Crippen molar-refractivity contribution in [3.8, 4) is 0 Å². The van der Waals surface area contributed by atoms with Crippen LogP contribution in [0.3, 0.4) is 0 Å². The second kappa shape index (κ2) is 6.98. The molecule has 2 aromatic rings. The molecule has 1 N–H and O–H groups in total. The minimum absolute atomic E-state index is 0.0540. The number of hydrogen-bond donors (Lipinski definition) is 1. The zero-order chi connectivity index (χ0) is 21.6. The normalized spacial score (nSPS) is 15.1. The van der Waals surface area contributed by atoms with Crippen LogP contribution in [0.5, 0.6) is 0 Å². The number of Topliss-reactive ketones (excluding diaryl/α,β-unsaturated/α-hetero) is 1. The number of aromatic amines is 1. The van der Waals surface area contributed by atoms with Crippen molar-refractivity contribution < 1.29 is 19.2 Å². The molecular formula is C20H24N4O5. The summed E-state index contributed by atoms with van der Waals surface area (Å²) in [5, 5.41) is 18.0. The van der Waals surface area contributed by atoms with Gasteiger partial charge >= 0.3 is 6.09 Å². The molecule has 2 heterocycles. The molecular weight excluding hydrogens is 376 g/mol. The number of nitrogens with zero attached hydrogens (tertiary/aromatic N) is 3. The molecule has 0 radical (unpaired) electrons. The number of aromatic nitrogens is 2. The topological polar surface area (TPSA) is 118 Å². The summed E-state index contributed by atoms with van der Waals surface area (Å²) in [6.45, 7) is 9.47. The molecule has 1 aliphatic heterocycles. The van der Waals surface area contributed by atoms with E-state index in [1.54, 1.807) is 25.7 Å². The number of carbonyl (C=O) groups is 2. The standard InChI is InChI=1S/C20H24N4O5/c1-19(2,3)29-18(26)23-11-14-15(21-22-17(14)20(23,4)5)10-16(25)12-6-8-13(9-7-12)24(27)28/h6-9H,10-11H2,1-5H3,(H,21,22). The molecule has 0 bridgehead atoms. The molecule has 0 unspecified atom stereocenters. The number of nitro benzene ring substituents is 1. The van der Waals surface area contributed by atoms with Gasteiger partial charge in [0.15, 0.2) is 5.78 Å². The van der Waals surface area contributed by atoms with E-state index >= 15 is 0 Å². The number of ether oxygens (including phenoxy) is 1. The molecule has 1 aromatic carbocycles. The van der Waals surface area contributed by atoms with E-state index in [0.29, 0.717) is 17.0 Å². The fraction of sp³-hybridized carbons (Fsp3) is 0.450. The maximum Gasteiger partial charge on any atom is 0.411 e. The highest BCUT2D eigenvalue weighted by Gasteiger charge is 2.45. The zero-order valence-electron chi connectivity index (χ0n) is 17.1. The van der Waals surface area contributed by atoms with Crippen LogP contribution in [0, 0.1) is 10.1 Å². The van der Waals surface area contributed by atoms with Gasteiger partial charge in [0.2, 0.25) is 0 Å². The van der Waals surface area contributed by atoms with Crippen molar-refractivity contribution in [3.63, 3.8) is 0 Å². The summed E-state index contributed by atoms with van der Waals surface area (Å²) >= 11 is 0. The van der Waals surface area contributed by atoms with E-state index in [2.05, 4.69) is 10.2 Å². The molecule has 0 atom stereocenters. The number of carbonyl (C=O) groups excluding carboxylic acids is 2. The van der Waals surface area contributed by atoms with Gasteiger partial charge in [0.25, 0.3) is 5.69 Å². The molecule has 1 aliphatic rings. The summed E-state index contributed by atoms with van der Waals surface area (Å²) in [5.41, 5.74) is 1.14. The number of rotatable bonds is 4. The Bertz CT molecular complexity index is 970. The maximum atomic E-state index is 12.6. The first kappa shape index (κ1) is 20.5. The number of hydrogen-bond acceptors (Lipinski definition) is 6. The smallest absolute Gasteiger partial charge is 0.411 e. The van der Waals surface area contributed by atoms with Gasteiger partial charge in [-0.25, -0.2) is 4.79 Å². The second-order valence-electron chi connectivity index (χ2n) is 8.56. The summed E-state index contributed by atoms with van der Waals surface area (Å²) in [4.78, 5) is 37.1. The highest BCUT2D eigenvalue weighted by Crippen LogP contribution is 2.40. The Morgan fingerprint density at radius 2 is 1.90 bits per heavy atom. The maximum absolute atomic E-state index is 12.6. The quantitative estimate of drug-likeness (QED) is 0.474. The summed E-state index contributed by atoms with van der Waals surface area (Å²) in [6.07, 6.45) is -0.383. The van der Waals surface area contributed by atoms with Crippen LogP contribution in [0.15, 0.2) is 24.3 Å². The Morgan fingerprint density at radius 3 is 2.45 bits per heavy atom. The lowest BCUT2D eigenvalue weighted by molar-refractivity contribution is -0.384. The minimum atomic E-state index is -0.678. The molecule has 0 saturated carbocycles. The third kappa shape index (κ3) is 3.98. The first-order valence-electron chi connectivity index (χ1n) is 9.25. The first-order chi connectivity index (χ1) is 13.4. The van der Waals surface area contributed by atoms with Crippen molar-refractivity contribution in [2.24, 2.45) is 0 Å². The average Bonchev–Trinajstić information content (AvgIpc) is 3.12. The minimum Gasteiger partial charge on any atom is -0.444 e. The molecule has 0 saturated heterocycles. The van der Waals surface area contributed by atoms with Crippen molar-refractivity contribution >= 4 is 17.6 Å². The van der Waals surface area contributed by atoms with Gasteiger partial charge < -0.3 is 4.74 Å². The van der Waals surface area contributed by atoms with E-state index in [4.69, 9.17) is 4.74 Å². The molecule has 29 heavy (non-hydrogen) atoms. The Balaban J connectivity index is 1.80. The van der Waals surface area contributed by atoms with Crippen molar-refractivity contribution in [2.45, 2.75) is 58.7 Å². The van der Waals surface area contributed by atoms with Gasteiger partial charge in [-0.1, -0.05) is 0 Å². The Hall–Kier alpha value is -3.23. The van der Waals surface area contributed by atoms with Crippen molar-refractivity contribution in [2.75, 3.05) is 0 Å². The number of nitro groups is 1. The van der Waals surface area contributed by atoms with Gasteiger partial charge in [0.05, 0.1) is 29.1 Å². The summed E-state index contributed by atoms with van der Waals surface area (Å²) in [6, 6.07) is 5.48. The van der Waals surface area contributed by atoms with Crippen LogP contribution >= 0.6 is 0 Å². The molecule has 154 valence electrons. The fourth-order valence-electron chi connectivity index (χ4n) is 3.35. The van der Waals surface area contributed by atoms with Gasteiger partial charge in [-0.2, -0.15) is 5.10 Å². The van der Waals surface area contributed by atoms with E-state index in [1.807, 2.05) is 13.8 Å². The van der Waals surface area contributed by atoms with E-state index < -0.39 is 22.2 Å². The molecule has 0 aliphatic carbocycles. The van der Waals surface area contributed by atoms with Crippen LogP contribution < -0.4 is 0 Å². The van der Waals surface area contributed by atoms with Crippen LogP contribution in [0.2, 0.25) is 0 Å². The van der Waals surface area contributed by atoms with Gasteiger partial charge in [-0.05, 0) is 46.8 Å².